The number of aromatic amines is 1. The van der Waals surface area contributed by atoms with Crippen molar-refractivity contribution in [3.63, 3.8) is 0 Å². The third-order valence-corrected chi connectivity index (χ3v) is 7.34. The summed E-state index contributed by atoms with van der Waals surface area (Å²) in [5.41, 5.74) is 4.95. The van der Waals surface area contributed by atoms with Crippen LogP contribution in [0.2, 0.25) is 0 Å². The van der Waals surface area contributed by atoms with Gasteiger partial charge in [0.25, 0.3) is 5.56 Å². The number of hydrogen-bond donors (Lipinski definition) is 3. The summed E-state index contributed by atoms with van der Waals surface area (Å²) in [4.78, 5) is 46.3. The van der Waals surface area contributed by atoms with Gasteiger partial charge in [-0.2, -0.15) is 0 Å². The quantitative estimate of drug-likeness (QED) is 0.203. The van der Waals surface area contributed by atoms with Gasteiger partial charge in [0.15, 0.2) is 0 Å². The number of ether oxygens (including phenoxy) is 1. The van der Waals surface area contributed by atoms with Crippen LogP contribution in [0.15, 0.2) is 96.4 Å². The third kappa shape index (κ3) is 7.10. The number of carbonyl (C=O) groups is 2. The molecular formula is C33H34N6O4. The van der Waals surface area contributed by atoms with Gasteiger partial charge in [-0.1, -0.05) is 37.3 Å². The van der Waals surface area contributed by atoms with Gasteiger partial charge in [0.1, 0.15) is 0 Å². The monoisotopic (exact) mass is 578 g/mol. The van der Waals surface area contributed by atoms with Crippen LogP contribution in [0.5, 0.6) is 0 Å². The van der Waals surface area contributed by atoms with Crippen molar-refractivity contribution >= 4 is 34.1 Å². The maximum absolute atomic E-state index is 13.1. The Labute approximate surface area is 249 Å². The van der Waals surface area contributed by atoms with Gasteiger partial charge in [0, 0.05) is 54.9 Å². The first-order valence-corrected chi connectivity index (χ1v) is 14.0. The molecule has 3 aromatic carbocycles. The van der Waals surface area contributed by atoms with E-state index in [4.69, 9.17) is 4.74 Å². The van der Waals surface area contributed by atoms with Crippen LogP contribution in [0.1, 0.15) is 29.5 Å². The number of hydrogen-bond acceptors (Lipinski definition) is 6. The minimum Gasteiger partial charge on any atom is -0.449 e. The second-order valence-electron chi connectivity index (χ2n) is 10.5. The molecule has 3 N–H and O–H groups in total. The Morgan fingerprint density at radius 2 is 1.88 bits per heavy atom. The van der Waals surface area contributed by atoms with Crippen molar-refractivity contribution in [2.45, 2.75) is 26.3 Å². The summed E-state index contributed by atoms with van der Waals surface area (Å²) in [5, 5.41) is 7.30. The summed E-state index contributed by atoms with van der Waals surface area (Å²) < 4.78 is 7.38. The Balaban J connectivity index is 1.24. The number of rotatable bonds is 10. The van der Waals surface area contributed by atoms with E-state index in [1.165, 1.54) is 0 Å². The predicted molar refractivity (Wildman–Crippen MR) is 168 cm³/mol. The molecule has 2 amide bonds. The number of nitrogens with zero attached hydrogens (tertiary/aromatic N) is 3. The molecular weight excluding hydrogens is 544 g/mol. The zero-order chi connectivity index (χ0) is 30.3. The van der Waals surface area contributed by atoms with E-state index in [1.54, 1.807) is 42.8 Å². The molecule has 10 heteroatoms. The van der Waals surface area contributed by atoms with Gasteiger partial charge in [-0.3, -0.25) is 14.9 Å². The van der Waals surface area contributed by atoms with Crippen molar-refractivity contribution in [1.82, 2.24) is 19.4 Å². The highest BCUT2D eigenvalue weighted by Gasteiger charge is 2.16. The van der Waals surface area contributed by atoms with Crippen LogP contribution in [-0.4, -0.2) is 51.6 Å². The van der Waals surface area contributed by atoms with Crippen molar-refractivity contribution in [3.05, 3.63) is 119 Å². The molecule has 0 saturated heterocycles. The van der Waals surface area contributed by atoms with Gasteiger partial charge in [0.05, 0.1) is 25.2 Å². The Morgan fingerprint density at radius 1 is 1.07 bits per heavy atom. The van der Waals surface area contributed by atoms with E-state index in [1.807, 2.05) is 79.2 Å². The zero-order valence-corrected chi connectivity index (χ0v) is 24.3. The van der Waals surface area contributed by atoms with E-state index < -0.39 is 6.09 Å². The standard InChI is InChI=1S/C33H34N6O4/c1-22-6-4-5-7-28(22)23(2)20-43-33(42)37-27-10-11-30(39-15-14-34-21-39)25(16-27)19-38(3)31(40)18-36-26-9-8-24-12-13-35-32(41)29(24)17-26/h4-17,21,23,36H,18-20H2,1-3H3,(H,35,41)(H,37,42). The number of aryl methyl sites for hydroxylation is 1. The number of imidazole rings is 1. The Bertz CT molecular complexity index is 1800. The summed E-state index contributed by atoms with van der Waals surface area (Å²) in [5.74, 6) is -0.101. The van der Waals surface area contributed by atoms with Crippen LogP contribution in [0, 0.1) is 6.92 Å². The van der Waals surface area contributed by atoms with Gasteiger partial charge in [-0.05, 0) is 65.4 Å². The predicted octanol–water partition coefficient (Wildman–Crippen LogP) is 5.44. The normalized spacial score (nSPS) is 11.6. The first-order valence-electron chi connectivity index (χ1n) is 14.0. The molecule has 0 saturated carbocycles. The topological polar surface area (TPSA) is 121 Å². The number of carbonyl (C=O) groups excluding carboxylic acids is 2. The first-order chi connectivity index (χ1) is 20.8. The second kappa shape index (κ2) is 13.1. The van der Waals surface area contributed by atoms with Crippen LogP contribution in [-0.2, 0) is 16.1 Å². The molecule has 0 aliphatic heterocycles. The summed E-state index contributed by atoms with van der Waals surface area (Å²) >= 11 is 0. The van der Waals surface area contributed by atoms with Crippen molar-refractivity contribution in [1.29, 1.82) is 0 Å². The van der Waals surface area contributed by atoms with E-state index in [2.05, 4.69) is 20.6 Å². The SMILES string of the molecule is Cc1ccccc1C(C)COC(=O)Nc1ccc(-n2ccnc2)c(CN(C)C(=O)CNc2ccc3cc[nH]c(=O)c3c2)c1. The average molecular weight is 579 g/mol. The molecule has 0 spiro atoms. The molecule has 0 radical (unpaired) electrons. The zero-order valence-electron chi connectivity index (χ0n) is 24.3. The molecule has 0 aliphatic rings. The van der Waals surface area contributed by atoms with Gasteiger partial charge in [-0.25, -0.2) is 9.78 Å². The van der Waals surface area contributed by atoms with Gasteiger partial charge in [0.2, 0.25) is 5.91 Å². The number of anilines is 2. The van der Waals surface area contributed by atoms with Crippen molar-refractivity contribution < 1.29 is 14.3 Å². The maximum atomic E-state index is 13.1. The number of nitrogens with one attached hydrogen (secondary N) is 3. The second-order valence-corrected chi connectivity index (χ2v) is 10.5. The summed E-state index contributed by atoms with van der Waals surface area (Å²) in [6.07, 6.45) is 6.23. The number of amides is 2. The lowest BCUT2D eigenvalue weighted by atomic mass is 9.97. The molecule has 0 fully saturated rings. The largest absolute Gasteiger partial charge is 0.449 e. The van der Waals surface area contributed by atoms with Crippen LogP contribution in [0.25, 0.3) is 16.5 Å². The fourth-order valence-electron chi connectivity index (χ4n) is 4.98. The smallest absolute Gasteiger partial charge is 0.411 e. The summed E-state index contributed by atoms with van der Waals surface area (Å²) in [6, 6.07) is 20.8. The van der Waals surface area contributed by atoms with Crippen LogP contribution < -0.4 is 16.2 Å². The number of pyridine rings is 1. The van der Waals surface area contributed by atoms with Crippen LogP contribution in [0.4, 0.5) is 16.2 Å². The molecule has 1 unspecified atom stereocenters. The lowest BCUT2D eigenvalue weighted by Crippen LogP contribution is -2.32. The number of fused-ring (bicyclic) bond motifs is 1. The number of likely N-dealkylation sites (N-methyl/N-ethyl adjacent to an activating group) is 1. The molecule has 43 heavy (non-hydrogen) atoms. The van der Waals surface area contributed by atoms with Crippen molar-refractivity contribution in [2.24, 2.45) is 0 Å². The highest BCUT2D eigenvalue weighted by molar-refractivity contribution is 5.87. The van der Waals surface area contributed by atoms with Crippen LogP contribution >= 0.6 is 0 Å². The molecule has 2 aromatic heterocycles. The van der Waals surface area contributed by atoms with Gasteiger partial charge >= 0.3 is 6.09 Å². The maximum Gasteiger partial charge on any atom is 0.411 e. The number of aromatic nitrogens is 3. The third-order valence-electron chi connectivity index (χ3n) is 7.34. The molecule has 5 aromatic rings. The average Bonchev–Trinajstić information content (AvgIpc) is 3.54. The molecule has 2 heterocycles. The highest BCUT2D eigenvalue weighted by Crippen LogP contribution is 2.23. The Hall–Kier alpha value is -5.38. The van der Waals surface area contributed by atoms with Crippen LogP contribution in [0.3, 0.4) is 0 Å². The van der Waals surface area contributed by atoms with E-state index >= 15 is 0 Å². The van der Waals surface area contributed by atoms with E-state index in [9.17, 15) is 14.4 Å². The number of H-pyrrole nitrogens is 1. The van der Waals surface area contributed by atoms with E-state index in [0.717, 1.165) is 27.8 Å². The minimum absolute atomic E-state index is 0.0382. The minimum atomic E-state index is -0.551. The lowest BCUT2D eigenvalue weighted by Gasteiger charge is -2.21. The molecule has 1 atom stereocenters. The first kappa shape index (κ1) is 29.1. The summed E-state index contributed by atoms with van der Waals surface area (Å²) in [6.45, 7) is 4.62. The fourth-order valence-corrected chi connectivity index (χ4v) is 4.98. The van der Waals surface area contributed by atoms with Crippen molar-refractivity contribution in [3.8, 4) is 5.69 Å². The highest BCUT2D eigenvalue weighted by atomic mass is 16.5. The fraction of sp³-hybridized carbons (Fsp3) is 0.212. The molecule has 220 valence electrons. The van der Waals surface area contributed by atoms with E-state index in [0.29, 0.717) is 16.8 Å². The molecule has 5 rings (SSSR count). The number of benzene rings is 3. The van der Waals surface area contributed by atoms with Gasteiger partial charge < -0.3 is 24.5 Å². The Morgan fingerprint density at radius 3 is 2.67 bits per heavy atom. The molecule has 10 nitrogen and oxygen atoms in total. The molecule has 0 aliphatic carbocycles. The van der Waals surface area contributed by atoms with Crippen molar-refractivity contribution in [2.75, 3.05) is 30.8 Å². The lowest BCUT2D eigenvalue weighted by molar-refractivity contribution is -0.128. The summed E-state index contributed by atoms with van der Waals surface area (Å²) in [7, 11) is 1.72. The van der Waals surface area contributed by atoms with E-state index in [-0.39, 0.29) is 37.1 Å². The van der Waals surface area contributed by atoms with Gasteiger partial charge in [-0.15, -0.1) is 0 Å². The molecule has 0 bridgehead atoms. The Kier molecular flexibility index (Phi) is 8.85.